The fourth-order valence-corrected chi connectivity index (χ4v) is 3.49. The van der Waals surface area contributed by atoms with E-state index in [1.54, 1.807) is 54.6 Å². The second-order valence-corrected chi connectivity index (χ2v) is 6.65. The lowest BCUT2D eigenvalue weighted by Gasteiger charge is -2.28. The summed E-state index contributed by atoms with van der Waals surface area (Å²) in [5.74, 6) is -1.78. The van der Waals surface area contributed by atoms with Crippen molar-refractivity contribution in [3.05, 3.63) is 76.3 Å². The lowest BCUT2D eigenvalue weighted by Crippen LogP contribution is -2.38. The third kappa shape index (κ3) is 3.67. The first kappa shape index (κ1) is 20.1. The van der Waals surface area contributed by atoms with E-state index in [1.807, 2.05) is 0 Å². The summed E-state index contributed by atoms with van der Waals surface area (Å²) in [4.78, 5) is 27.0. The quantitative estimate of drug-likeness (QED) is 0.347. The van der Waals surface area contributed by atoms with Crippen LogP contribution >= 0.6 is 11.6 Å². The number of carbonyl (C=O) groups excluding carboxylic acids is 2. The zero-order chi connectivity index (χ0) is 20.3. The Kier molecular flexibility index (Phi) is 6.14. The average molecular weight is 402 g/mol. The van der Waals surface area contributed by atoms with Crippen molar-refractivity contribution in [3.63, 3.8) is 0 Å². The van der Waals surface area contributed by atoms with Gasteiger partial charge >= 0.3 is 0 Å². The number of halogens is 1. The van der Waals surface area contributed by atoms with Crippen LogP contribution in [-0.4, -0.2) is 48.8 Å². The second kappa shape index (κ2) is 8.56. The summed E-state index contributed by atoms with van der Waals surface area (Å²) in [7, 11) is 2.89. The zero-order valence-corrected chi connectivity index (χ0v) is 16.2. The number of hydrogen-bond acceptors (Lipinski definition) is 5. The first-order chi connectivity index (χ1) is 13.5. The van der Waals surface area contributed by atoms with Crippen LogP contribution in [0.2, 0.25) is 5.02 Å². The van der Waals surface area contributed by atoms with Crippen molar-refractivity contribution < 1.29 is 24.2 Å². The maximum absolute atomic E-state index is 12.8. The first-order valence-corrected chi connectivity index (χ1v) is 9.01. The molecule has 0 spiro atoms. The molecule has 7 heteroatoms. The molecule has 0 saturated carbocycles. The predicted molar refractivity (Wildman–Crippen MR) is 105 cm³/mol. The Hall–Kier alpha value is -2.67. The Morgan fingerprint density at radius 3 is 2.29 bits per heavy atom. The Bertz CT molecular complexity index is 908. The number of benzene rings is 2. The smallest absolute Gasteiger partial charge is 0.295 e. The monoisotopic (exact) mass is 401 g/mol. The molecule has 1 aliphatic rings. The van der Waals surface area contributed by atoms with Crippen LogP contribution in [0.1, 0.15) is 17.2 Å². The van der Waals surface area contributed by atoms with Crippen LogP contribution < -0.4 is 0 Å². The van der Waals surface area contributed by atoms with Gasteiger partial charge < -0.3 is 19.5 Å². The summed E-state index contributed by atoms with van der Waals surface area (Å²) in [6.45, 7) is -0.000959. The first-order valence-electron chi connectivity index (χ1n) is 8.63. The molecule has 28 heavy (non-hydrogen) atoms. The molecule has 1 aliphatic heterocycles. The third-order valence-corrected chi connectivity index (χ3v) is 5.00. The normalized spacial score (nSPS) is 18.9. The van der Waals surface area contributed by atoms with Crippen molar-refractivity contribution >= 4 is 29.1 Å². The summed E-state index contributed by atoms with van der Waals surface area (Å²) in [5.41, 5.74) is 0.953. The number of likely N-dealkylation sites (tertiary alicyclic amines) is 1. The number of hydrogen-bond donors (Lipinski definition) is 1. The van der Waals surface area contributed by atoms with Gasteiger partial charge in [-0.05, 0) is 11.6 Å². The van der Waals surface area contributed by atoms with E-state index >= 15 is 0 Å². The van der Waals surface area contributed by atoms with Gasteiger partial charge in [-0.3, -0.25) is 9.59 Å². The number of aliphatic hydroxyl groups is 1. The summed E-state index contributed by atoms with van der Waals surface area (Å²) < 4.78 is 10.4. The van der Waals surface area contributed by atoms with Gasteiger partial charge in [-0.25, -0.2) is 0 Å². The van der Waals surface area contributed by atoms with Crippen molar-refractivity contribution in [2.24, 2.45) is 0 Å². The molecule has 1 fully saturated rings. The van der Waals surface area contributed by atoms with E-state index in [9.17, 15) is 14.7 Å². The minimum Gasteiger partial charge on any atom is -0.507 e. The fraction of sp³-hybridized carbons (Fsp3) is 0.238. The van der Waals surface area contributed by atoms with Crippen LogP contribution in [0.3, 0.4) is 0 Å². The molecule has 2 aromatic carbocycles. The topological polar surface area (TPSA) is 76.1 Å². The van der Waals surface area contributed by atoms with E-state index in [4.69, 9.17) is 21.1 Å². The van der Waals surface area contributed by atoms with E-state index in [1.165, 1.54) is 19.1 Å². The van der Waals surface area contributed by atoms with Gasteiger partial charge in [0.05, 0.1) is 18.2 Å². The summed E-state index contributed by atoms with van der Waals surface area (Å²) in [5, 5.41) is 11.3. The second-order valence-electron chi connectivity index (χ2n) is 6.24. The highest BCUT2D eigenvalue weighted by Gasteiger charge is 2.47. The van der Waals surface area contributed by atoms with Crippen LogP contribution in [0.15, 0.2) is 60.2 Å². The molecule has 3 rings (SSSR count). The maximum atomic E-state index is 12.8. The molecule has 6 nitrogen and oxygen atoms in total. The van der Waals surface area contributed by atoms with Gasteiger partial charge in [0.15, 0.2) is 6.29 Å². The minimum atomic E-state index is -0.860. The summed E-state index contributed by atoms with van der Waals surface area (Å²) >= 11 is 6.37. The molecule has 1 unspecified atom stereocenters. The van der Waals surface area contributed by atoms with Crippen LogP contribution in [0.5, 0.6) is 0 Å². The molecule has 146 valence electrons. The van der Waals surface area contributed by atoms with E-state index in [0.717, 1.165) is 0 Å². The number of ketones is 1. The summed E-state index contributed by atoms with van der Waals surface area (Å²) in [6, 6.07) is 14.6. The largest absolute Gasteiger partial charge is 0.507 e. The number of rotatable bonds is 6. The highest BCUT2D eigenvalue weighted by molar-refractivity contribution is 6.47. The molecule has 2 aromatic rings. The van der Waals surface area contributed by atoms with Gasteiger partial charge in [0, 0.05) is 24.8 Å². The minimum absolute atomic E-state index is 0.000959. The third-order valence-electron chi connectivity index (χ3n) is 4.66. The van der Waals surface area contributed by atoms with Gasteiger partial charge in [0.25, 0.3) is 11.7 Å². The van der Waals surface area contributed by atoms with E-state index in [2.05, 4.69) is 0 Å². The molecule has 1 heterocycles. The molecule has 0 aliphatic carbocycles. The van der Waals surface area contributed by atoms with Crippen LogP contribution in [0.25, 0.3) is 5.76 Å². The number of aliphatic hydroxyl groups excluding tert-OH is 1. The lowest BCUT2D eigenvalue weighted by molar-refractivity contribution is -0.149. The standard InChI is InChI=1S/C21H20ClNO5/c1-27-16(28-2)12-23-18(14-10-6-7-11-15(14)22)17(20(25)21(23)26)19(24)13-8-4-3-5-9-13/h3-11,16,18,24H,12H2,1-2H3. The molecule has 1 atom stereocenters. The molecule has 1 saturated heterocycles. The average Bonchev–Trinajstić information content (AvgIpc) is 2.97. The van der Waals surface area contributed by atoms with Crippen molar-refractivity contribution in [2.75, 3.05) is 20.8 Å². The van der Waals surface area contributed by atoms with E-state index in [-0.39, 0.29) is 17.9 Å². The number of methoxy groups -OCH3 is 2. The van der Waals surface area contributed by atoms with E-state index in [0.29, 0.717) is 16.1 Å². The molecule has 0 aromatic heterocycles. The molecule has 0 radical (unpaired) electrons. The fourth-order valence-electron chi connectivity index (χ4n) is 3.25. The highest BCUT2D eigenvalue weighted by atomic mass is 35.5. The molecule has 1 amide bonds. The number of amides is 1. The molecule has 0 bridgehead atoms. The lowest BCUT2D eigenvalue weighted by atomic mass is 9.95. The zero-order valence-electron chi connectivity index (χ0n) is 15.5. The van der Waals surface area contributed by atoms with Crippen LogP contribution in [0, 0.1) is 0 Å². The van der Waals surface area contributed by atoms with Crippen LogP contribution in [0.4, 0.5) is 0 Å². The summed E-state index contributed by atoms with van der Waals surface area (Å²) in [6.07, 6.45) is -0.736. The maximum Gasteiger partial charge on any atom is 0.295 e. The van der Waals surface area contributed by atoms with Gasteiger partial charge in [-0.1, -0.05) is 60.1 Å². The van der Waals surface area contributed by atoms with Gasteiger partial charge in [0.2, 0.25) is 0 Å². The Morgan fingerprint density at radius 2 is 1.68 bits per heavy atom. The Morgan fingerprint density at radius 1 is 1.07 bits per heavy atom. The molecule has 1 N–H and O–H groups in total. The van der Waals surface area contributed by atoms with Crippen molar-refractivity contribution in [2.45, 2.75) is 12.3 Å². The Labute approximate surface area is 167 Å². The number of nitrogens with zero attached hydrogens (tertiary/aromatic N) is 1. The van der Waals surface area contributed by atoms with Crippen molar-refractivity contribution in [3.8, 4) is 0 Å². The van der Waals surface area contributed by atoms with Crippen molar-refractivity contribution in [1.29, 1.82) is 0 Å². The van der Waals surface area contributed by atoms with Gasteiger partial charge in [-0.15, -0.1) is 0 Å². The predicted octanol–water partition coefficient (Wildman–Crippen LogP) is 3.38. The van der Waals surface area contributed by atoms with Crippen molar-refractivity contribution in [1.82, 2.24) is 4.90 Å². The van der Waals surface area contributed by atoms with Crippen LogP contribution in [-0.2, 0) is 19.1 Å². The van der Waals surface area contributed by atoms with Gasteiger partial charge in [0.1, 0.15) is 5.76 Å². The van der Waals surface area contributed by atoms with E-state index < -0.39 is 24.0 Å². The highest BCUT2D eigenvalue weighted by Crippen LogP contribution is 2.41. The number of carbonyl (C=O) groups is 2. The SMILES string of the molecule is COC(CN1C(=O)C(=O)C(=C(O)c2ccccc2)C1c1ccccc1Cl)OC. The molecular weight excluding hydrogens is 382 g/mol. The Balaban J connectivity index is 2.18. The molecular formula is C21H20ClNO5. The number of Topliss-reactive ketones (excluding diaryl/α,β-unsaturated/α-hetero) is 1. The number of ether oxygens (including phenoxy) is 2. The van der Waals surface area contributed by atoms with Gasteiger partial charge in [-0.2, -0.15) is 0 Å².